The molecule has 31 heavy (non-hydrogen) atoms. The van der Waals surface area contributed by atoms with Gasteiger partial charge in [0, 0.05) is 5.56 Å². The van der Waals surface area contributed by atoms with Gasteiger partial charge >= 0.3 is 0 Å². The normalized spacial score (nSPS) is 11.4. The molecule has 3 aromatic carbocycles. The van der Waals surface area contributed by atoms with Crippen LogP contribution in [0.4, 0.5) is 10.1 Å². The molecule has 0 spiro atoms. The molecule has 0 aliphatic heterocycles. The third kappa shape index (κ3) is 4.84. The van der Waals surface area contributed by atoms with Crippen molar-refractivity contribution in [3.8, 4) is 0 Å². The standard InChI is InChI=1S/C21H15ClFN3O3S2/c22-16-10-5-13(11-18(16)26-31(28,29)15-8-6-14(23)7-9-15)21(27)24-12-20-25-17-3-1-2-4-19(17)30-20/h1-11,26H,12H2,(H,24,27). The Kier molecular flexibility index (Phi) is 5.90. The summed E-state index contributed by atoms with van der Waals surface area (Å²) in [5.74, 6) is -0.957. The van der Waals surface area contributed by atoms with Crippen LogP contribution >= 0.6 is 22.9 Å². The molecular weight excluding hydrogens is 461 g/mol. The van der Waals surface area contributed by atoms with Gasteiger partial charge in [-0.15, -0.1) is 11.3 Å². The second kappa shape index (κ2) is 8.62. The van der Waals surface area contributed by atoms with Gasteiger partial charge in [0.05, 0.1) is 32.4 Å². The van der Waals surface area contributed by atoms with Crippen molar-refractivity contribution in [1.82, 2.24) is 10.3 Å². The van der Waals surface area contributed by atoms with Crippen LogP contribution in [0.15, 0.2) is 71.6 Å². The maximum atomic E-state index is 13.1. The molecule has 10 heteroatoms. The summed E-state index contributed by atoms with van der Waals surface area (Å²) in [6, 6.07) is 16.3. The second-order valence-corrected chi connectivity index (χ2v) is 9.72. The van der Waals surface area contributed by atoms with Crippen LogP contribution in [0.5, 0.6) is 0 Å². The first kappa shape index (κ1) is 21.2. The Hall–Kier alpha value is -3.01. The Bertz CT molecular complexity index is 1340. The van der Waals surface area contributed by atoms with Gasteiger partial charge in [0.15, 0.2) is 0 Å². The van der Waals surface area contributed by atoms with Crippen molar-refractivity contribution < 1.29 is 17.6 Å². The summed E-state index contributed by atoms with van der Waals surface area (Å²) in [6.07, 6.45) is 0. The fourth-order valence-electron chi connectivity index (χ4n) is 2.82. The predicted octanol–water partition coefficient (Wildman–Crippen LogP) is 4.82. The molecule has 0 aliphatic rings. The molecule has 0 unspecified atom stereocenters. The number of para-hydroxylation sites is 1. The largest absolute Gasteiger partial charge is 0.346 e. The van der Waals surface area contributed by atoms with E-state index >= 15 is 0 Å². The van der Waals surface area contributed by atoms with Gasteiger partial charge in [0.1, 0.15) is 10.8 Å². The van der Waals surface area contributed by atoms with Crippen molar-refractivity contribution >= 4 is 54.8 Å². The number of halogens is 2. The van der Waals surface area contributed by atoms with E-state index in [2.05, 4.69) is 15.0 Å². The minimum absolute atomic E-state index is 0.0404. The van der Waals surface area contributed by atoms with Gasteiger partial charge in [0.25, 0.3) is 15.9 Å². The molecule has 4 aromatic rings. The molecule has 0 radical (unpaired) electrons. The molecule has 1 aromatic heterocycles. The summed E-state index contributed by atoms with van der Waals surface area (Å²) in [6.45, 7) is 0.234. The van der Waals surface area contributed by atoms with Crippen molar-refractivity contribution in [3.63, 3.8) is 0 Å². The van der Waals surface area contributed by atoms with Crippen molar-refractivity contribution in [2.45, 2.75) is 11.4 Å². The summed E-state index contributed by atoms with van der Waals surface area (Å²) in [7, 11) is -4.01. The summed E-state index contributed by atoms with van der Waals surface area (Å²) in [5, 5.41) is 3.64. The molecule has 0 saturated heterocycles. The molecule has 0 atom stereocenters. The fraction of sp³-hybridized carbons (Fsp3) is 0.0476. The maximum absolute atomic E-state index is 13.1. The number of fused-ring (bicyclic) bond motifs is 1. The zero-order chi connectivity index (χ0) is 22.0. The SMILES string of the molecule is O=C(NCc1nc2ccccc2s1)c1ccc(Cl)c(NS(=O)(=O)c2ccc(F)cc2)c1. The lowest BCUT2D eigenvalue weighted by Gasteiger charge is -2.11. The first-order valence-corrected chi connectivity index (χ1v) is 11.7. The zero-order valence-electron chi connectivity index (χ0n) is 15.8. The topological polar surface area (TPSA) is 88.2 Å². The van der Waals surface area contributed by atoms with Gasteiger partial charge < -0.3 is 5.32 Å². The van der Waals surface area contributed by atoms with E-state index in [4.69, 9.17) is 11.6 Å². The first-order chi connectivity index (χ1) is 14.8. The van der Waals surface area contributed by atoms with Crippen LogP contribution < -0.4 is 10.0 Å². The highest BCUT2D eigenvalue weighted by atomic mass is 35.5. The third-order valence-electron chi connectivity index (χ3n) is 4.34. The number of nitrogens with one attached hydrogen (secondary N) is 2. The average molecular weight is 476 g/mol. The number of nitrogens with zero attached hydrogens (tertiary/aromatic N) is 1. The second-order valence-electron chi connectivity index (χ2n) is 6.51. The zero-order valence-corrected chi connectivity index (χ0v) is 18.2. The molecule has 0 aliphatic carbocycles. The highest BCUT2D eigenvalue weighted by Gasteiger charge is 2.17. The van der Waals surface area contributed by atoms with Crippen molar-refractivity contribution in [3.05, 3.63) is 88.1 Å². The number of benzene rings is 3. The van der Waals surface area contributed by atoms with Crippen LogP contribution in [0, 0.1) is 5.82 Å². The van der Waals surface area contributed by atoms with E-state index in [1.165, 1.54) is 29.5 Å². The Morgan fingerprint density at radius 3 is 2.55 bits per heavy atom. The van der Waals surface area contributed by atoms with Crippen LogP contribution in [-0.2, 0) is 16.6 Å². The molecule has 6 nitrogen and oxygen atoms in total. The van der Waals surface area contributed by atoms with E-state index in [1.54, 1.807) is 0 Å². The Balaban J connectivity index is 1.50. The number of carbonyl (C=O) groups is 1. The highest BCUT2D eigenvalue weighted by Crippen LogP contribution is 2.26. The summed E-state index contributed by atoms with van der Waals surface area (Å²) in [5.41, 5.74) is 1.13. The van der Waals surface area contributed by atoms with E-state index in [0.717, 1.165) is 39.5 Å². The summed E-state index contributed by atoms with van der Waals surface area (Å²) in [4.78, 5) is 16.9. The average Bonchev–Trinajstić information content (AvgIpc) is 3.17. The van der Waals surface area contributed by atoms with E-state index in [0.29, 0.717) is 0 Å². The number of anilines is 1. The third-order valence-corrected chi connectivity index (χ3v) is 7.08. The van der Waals surface area contributed by atoms with Crippen molar-refractivity contribution in [2.75, 3.05) is 4.72 Å². The highest BCUT2D eigenvalue weighted by molar-refractivity contribution is 7.92. The minimum Gasteiger partial charge on any atom is -0.346 e. The summed E-state index contributed by atoms with van der Waals surface area (Å²) < 4.78 is 41.5. The number of sulfonamides is 1. The first-order valence-electron chi connectivity index (χ1n) is 9.02. The van der Waals surface area contributed by atoms with Crippen LogP contribution in [0.1, 0.15) is 15.4 Å². The smallest absolute Gasteiger partial charge is 0.261 e. The lowest BCUT2D eigenvalue weighted by molar-refractivity contribution is 0.0951. The summed E-state index contributed by atoms with van der Waals surface area (Å²) >= 11 is 7.59. The Labute approximate surface area is 186 Å². The van der Waals surface area contributed by atoms with E-state index < -0.39 is 21.7 Å². The molecular formula is C21H15ClFN3O3S2. The van der Waals surface area contributed by atoms with Gasteiger partial charge in [-0.25, -0.2) is 17.8 Å². The Morgan fingerprint density at radius 1 is 1.06 bits per heavy atom. The van der Waals surface area contributed by atoms with Crippen LogP contribution in [-0.4, -0.2) is 19.3 Å². The molecule has 0 saturated carbocycles. The number of carbonyl (C=O) groups excluding carboxylic acids is 1. The van der Waals surface area contributed by atoms with Crippen LogP contribution in [0.3, 0.4) is 0 Å². The number of thiazole rings is 1. The van der Waals surface area contributed by atoms with Gasteiger partial charge in [-0.2, -0.15) is 0 Å². The van der Waals surface area contributed by atoms with E-state index in [9.17, 15) is 17.6 Å². The van der Waals surface area contributed by atoms with Crippen LogP contribution in [0.25, 0.3) is 10.2 Å². The van der Waals surface area contributed by atoms with Gasteiger partial charge in [-0.1, -0.05) is 23.7 Å². The number of amides is 1. The number of rotatable bonds is 6. The fourth-order valence-corrected chi connectivity index (χ4v) is 5.01. The Morgan fingerprint density at radius 2 is 1.81 bits per heavy atom. The molecule has 4 rings (SSSR count). The molecule has 2 N–H and O–H groups in total. The van der Waals surface area contributed by atoms with Gasteiger partial charge in [-0.05, 0) is 54.6 Å². The van der Waals surface area contributed by atoms with Crippen molar-refractivity contribution in [2.24, 2.45) is 0 Å². The molecule has 1 amide bonds. The molecule has 0 fully saturated rings. The maximum Gasteiger partial charge on any atom is 0.261 e. The van der Waals surface area contributed by atoms with E-state index in [-0.39, 0.29) is 27.7 Å². The van der Waals surface area contributed by atoms with E-state index in [1.807, 2.05) is 24.3 Å². The molecule has 1 heterocycles. The monoisotopic (exact) mass is 475 g/mol. The van der Waals surface area contributed by atoms with Gasteiger partial charge in [-0.3, -0.25) is 9.52 Å². The van der Waals surface area contributed by atoms with Crippen LogP contribution in [0.2, 0.25) is 5.02 Å². The number of hydrogen-bond acceptors (Lipinski definition) is 5. The molecule has 158 valence electrons. The number of aromatic nitrogens is 1. The quantitative estimate of drug-likeness (QED) is 0.418. The molecule has 0 bridgehead atoms. The lowest BCUT2D eigenvalue weighted by atomic mass is 10.2. The lowest BCUT2D eigenvalue weighted by Crippen LogP contribution is -2.23. The predicted molar refractivity (Wildman–Crippen MR) is 119 cm³/mol. The van der Waals surface area contributed by atoms with Gasteiger partial charge in [0.2, 0.25) is 0 Å². The van der Waals surface area contributed by atoms with Crippen molar-refractivity contribution in [1.29, 1.82) is 0 Å². The minimum atomic E-state index is -4.01. The number of hydrogen-bond donors (Lipinski definition) is 2.